The van der Waals surface area contributed by atoms with E-state index in [9.17, 15) is 31.1 Å². The third-order valence-electron chi connectivity index (χ3n) is 4.11. The van der Waals surface area contributed by atoms with Crippen LogP contribution in [0.2, 0.25) is 0 Å². The molecule has 3 nitrogen and oxygen atoms in total. The summed E-state index contributed by atoms with van der Waals surface area (Å²) in [5.74, 6) is -1.17. The highest BCUT2D eigenvalue weighted by Gasteiger charge is 2.31. The number of hydrogen-bond donors (Lipinski definition) is 2. The second-order valence-corrected chi connectivity index (χ2v) is 6.22. The lowest BCUT2D eigenvalue weighted by Crippen LogP contribution is -2.21. The average Bonchev–Trinajstić information content (AvgIpc) is 2.63. The van der Waals surface area contributed by atoms with Crippen molar-refractivity contribution in [1.29, 1.82) is 0 Å². The highest BCUT2D eigenvalue weighted by atomic mass is 19.4. The maximum Gasteiger partial charge on any atom is 0.416 e. The van der Waals surface area contributed by atoms with E-state index in [-0.39, 0.29) is 13.0 Å². The SMILES string of the molecule is O=C(O)/C=C/CC(NCc1ccc(C(F)(F)F)cc1)c1ccc(C(F)(F)F)cc1. The van der Waals surface area contributed by atoms with Crippen molar-refractivity contribution in [2.24, 2.45) is 0 Å². The summed E-state index contributed by atoms with van der Waals surface area (Å²) in [6.07, 6.45) is -6.50. The molecule has 0 bridgehead atoms. The van der Waals surface area contributed by atoms with E-state index in [1.165, 1.54) is 30.3 Å². The van der Waals surface area contributed by atoms with Crippen LogP contribution in [0.25, 0.3) is 0 Å². The number of benzene rings is 2. The minimum Gasteiger partial charge on any atom is -0.478 e. The number of halogens is 6. The quantitative estimate of drug-likeness (QED) is 0.456. The van der Waals surface area contributed by atoms with Gasteiger partial charge in [-0.25, -0.2) is 4.79 Å². The largest absolute Gasteiger partial charge is 0.478 e. The van der Waals surface area contributed by atoms with Crippen LogP contribution in [0.1, 0.15) is 34.7 Å². The molecule has 0 aliphatic carbocycles. The Hall–Kier alpha value is -2.81. The molecular weight excluding hydrogens is 400 g/mol. The van der Waals surface area contributed by atoms with Crippen molar-refractivity contribution in [1.82, 2.24) is 5.32 Å². The molecule has 1 unspecified atom stereocenters. The second kappa shape index (κ2) is 9.13. The van der Waals surface area contributed by atoms with Crippen molar-refractivity contribution < 1.29 is 36.2 Å². The highest BCUT2D eigenvalue weighted by Crippen LogP contribution is 2.31. The summed E-state index contributed by atoms with van der Waals surface area (Å²) in [5, 5.41) is 11.7. The van der Waals surface area contributed by atoms with Crippen LogP contribution in [-0.4, -0.2) is 11.1 Å². The van der Waals surface area contributed by atoms with Gasteiger partial charge in [0.15, 0.2) is 0 Å². The van der Waals surface area contributed by atoms with Gasteiger partial charge in [-0.3, -0.25) is 0 Å². The molecule has 156 valence electrons. The molecule has 2 N–H and O–H groups in total. The first-order valence-electron chi connectivity index (χ1n) is 8.43. The molecule has 0 aliphatic rings. The summed E-state index contributed by atoms with van der Waals surface area (Å²) in [6.45, 7) is 0.144. The van der Waals surface area contributed by atoms with Gasteiger partial charge < -0.3 is 10.4 Å². The summed E-state index contributed by atoms with van der Waals surface area (Å²) < 4.78 is 76.1. The van der Waals surface area contributed by atoms with Gasteiger partial charge in [0.2, 0.25) is 0 Å². The van der Waals surface area contributed by atoms with Gasteiger partial charge >= 0.3 is 18.3 Å². The number of carboxylic acids is 1. The fourth-order valence-electron chi connectivity index (χ4n) is 2.60. The summed E-state index contributed by atoms with van der Waals surface area (Å²) in [4.78, 5) is 10.6. The molecule has 0 radical (unpaired) electrons. The summed E-state index contributed by atoms with van der Waals surface area (Å²) in [6, 6.07) is 8.34. The van der Waals surface area contributed by atoms with Crippen molar-refractivity contribution in [2.75, 3.05) is 0 Å². The maximum atomic E-state index is 12.7. The zero-order valence-corrected chi connectivity index (χ0v) is 14.9. The first-order valence-corrected chi connectivity index (χ1v) is 8.43. The highest BCUT2D eigenvalue weighted by molar-refractivity contribution is 5.79. The average molecular weight is 417 g/mol. The maximum absolute atomic E-state index is 12.7. The van der Waals surface area contributed by atoms with Crippen LogP contribution >= 0.6 is 0 Å². The number of aliphatic carboxylic acids is 1. The Morgan fingerprint density at radius 1 is 0.897 bits per heavy atom. The predicted molar refractivity (Wildman–Crippen MR) is 93.9 cm³/mol. The second-order valence-electron chi connectivity index (χ2n) is 6.22. The number of rotatable bonds is 7. The standard InChI is InChI=1S/C20H17F6NO2/c21-19(22,23)15-8-4-13(5-9-15)12-27-17(2-1-3-18(28)29)14-6-10-16(11-7-14)20(24,25)26/h1,3-11,17,27H,2,12H2,(H,28,29)/b3-1+. The number of carbonyl (C=O) groups is 1. The number of hydrogen-bond acceptors (Lipinski definition) is 2. The lowest BCUT2D eigenvalue weighted by Gasteiger charge is -2.19. The van der Waals surface area contributed by atoms with Crippen LogP contribution in [0, 0.1) is 0 Å². The van der Waals surface area contributed by atoms with Crippen LogP contribution in [0.15, 0.2) is 60.7 Å². The molecule has 2 aromatic rings. The van der Waals surface area contributed by atoms with E-state index in [1.54, 1.807) is 0 Å². The van der Waals surface area contributed by atoms with Crippen LogP contribution in [-0.2, 0) is 23.7 Å². The van der Waals surface area contributed by atoms with Gasteiger partial charge in [0.05, 0.1) is 11.1 Å². The Morgan fingerprint density at radius 3 is 1.83 bits per heavy atom. The first kappa shape index (κ1) is 22.5. The van der Waals surface area contributed by atoms with Gasteiger partial charge in [-0.05, 0) is 41.8 Å². The smallest absolute Gasteiger partial charge is 0.416 e. The van der Waals surface area contributed by atoms with Gasteiger partial charge in [-0.2, -0.15) is 26.3 Å². The minimum atomic E-state index is -4.48. The number of alkyl halides is 6. The predicted octanol–water partition coefficient (Wildman–Crippen LogP) is 5.59. The monoisotopic (exact) mass is 417 g/mol. The fourth-order valence-corrected chi connectivity index (χ4v) is 2.60. The van der Waals surface area contributed by atoms with Gasteiger partial charge in [-0.15, -0.1) is 0 Å². The van der Waals surface area contributed by atoms with E-state index in [0.717, 1.165) is 30.3 Å². The van der Waals surface area contributed by atoms with Crippen LogP contribution < -0.4 is 5.32 Å². The van der Waals surface area contributed by atoms with Gasteiger partial charge in [0, 0.05) is 18.7 Å². The molecule has 0 aliphatic heterocycles. The zero-order chi connectivity index (χ0) is 21.7. The topological polar surface area (TPSA) is 49.3 Å². The molecule has 0 saturated carbocycles. The van der Waals surface area contributed by atoms with Crippen molar-refractivity contribution in [2.45, 2.75) is 31.4 Å². The Morgan fingerprint density at radius 2 is 1.38 bits per heavy atom. The molecule has 9 heteroatoms. The van der Waals surface area contributed by atoms with E-state index < -0.39 is 35.5 Å². The van der Waals surface area contributed by atoms with E-state index in [0.29, 0.717) is 11.1 Å². The van der Waals surface area contributed by atoms with Gasteiger partial charge in [0.25, 0.3) is 0 Å². The molecule has 0 heterocycles. The lowest BCUT2D eigenvalue weighted by molar-refractivity contribution is -0.138. The van der Waals surface area contributed by atoms with E-state index in [2.05, 4.69) is 5.32 Å². The fraction of sp³-hybridized carbons (Fsp3) is 0.250. The number of carboxylic acid groups (broad SMARTS) is 1. The Bertz CT molecular complexity index is 839. The summed E-state index contributed by atoms with van der Waals surface area (Å²) in [7, 11) is 0. The summed E-state index contributed by atoms with van der Waals surface area (Å²) in [5.41, 5.74) is -0.578. The molecule has 1 atom stereocenters. The van der Waals surface area contributed by atoms with Crippen molar-refractivity contribution >= 4 is 5.97 Å². The van der Waals surface area contributed by atoms with E-state index in [4.69, 9.17) is 5.11 Å². The van der Waals surface area contributed by atoms with Crippen LogP contribution in [0.4, 0.5) is 26.3 Å². The Labute approximate surface area is 162 Å². The zero-order valence-electron chi connectivity index (χ0n) is 14.9. The van der Waals surface area contributed by atoms with Crippen LogP contribution in [0.5, 0.6) is 0 Å². The van der Waals surface area contributed by atoms with Crippen LogP contribution in [0.3, 0.4) is 0 Å². The molecule has 0 spiro atoms. The van der Waals surface area contributed by atoms with E-state index in [1.807, 2.05) is 0 Å². The van der Waals surface area contributed by atoms with Gasteiger partial charge in [-0.1, -0.05) is 30.3 Å². The Kier molecular flexibility index (Phi) is 7.07. The molecule has 2 aromatic carbocycles. The normalized spacial score (nSPS) is 13.6. The molecular formula is C20H17F6NO2. The lowest BCUT2D eigenvalue weighted by atomic mass is 10.0. The molecule has 2 rings (SSSR count). The third kappa shape index (κ3) is 6.94. The Balaban J connectivity index is 2.14. The van der Waals surface area contributed by atoms with Crippen molar-refractivity contribution in [3.05, 3.63) is 82.9 Å². The first-order chi connectivity index (χ1) is 13.5. The third-order valence-corrected chi connectivity index (χ3v) is 4.11. The van der Waals surface area contributed by atoms with Crippen molar-refractivity contribution in [3.63, 3.8) is 0 Å². The molecule has 29 heavy (non-hydrogen) atoms. The molecule has 0 amide bonds. The van der Waals surface area contributed by atoms with Crippen molar-refractivity contribution in [3.8, 4) is 0 Å². The molecule has 0 fully saturated rings. The van der Waals surface area contributed by atoms with E-state index >= 15 is 0 Å². The minimum absolute atomic E-state index is 0.144. The molecule has 0 aromatic heterocycles. The molecule has 0 saturated heterocycles. The summed E-state index contributed by atoms with van der Waals surface area (Å²) >= 11 is 0. The van der Waals surface area contributed by atoms with Gasteiger partial charge in [0.1, 0.15) is 0 Å². The number of nitrogens with one attached hydrogen (secondary N) is 1.